The summed E-state index contributed by atoms with van der Waals surface area (Å²) >= 11 is 0. The Hall–Kier alpha value is -2.12. The van der Waals surface area contributed by atoms with Crippen LogP contribution in [-0.2, 0) is 4.79 Å². The van der Waals surface area contributed by atoms with E-state index in [2.05, 4.69) is 20.3 Å². The quantitative estimate of drug-likeness (QED) is 0.690. The van der Waals surface area contributed by atoms with E-state index < -0.39 is 12.6 Å². The second kappa shape index (κ2) is 5.10. The van der Waals surface area contributed by atoms with Gasteiger partial charge in [0.1, 0.15) is 0 Å². The Balaban J connectivity index is 2.90. The molecule has 1 aromatic heterocycles. The fourth-order valence-corrected chi connectivity index (χ4v) is 0.849. The number of aliphatic carboxylic acids is 1. The Labute approximate surface area is 92.3 Å². The van der Waals surface area contributed by atoms with E-state index in [0.29, 0.717) is 11.9 Å². The predicted octanol–water partition coefficient (Wildman–Crippen LogP) is -0.557. The molecule has 0 saturated carbocycles. The first-order valence-electron chi connectivity index (χ1n) is 4.48. The van der Waals surface area contributed by atoms with Crippen LogP contribution in [0.1, 0.15) is 0 Å². The van der Waals surface area contributed by atoms with Crippen LogP contribution in [-0.4, -0.2) is 53.8 Å². The molecule has 1 aromatic rings. The van der Waals surface area contributed by atoms with E-state index in [9.17, 15) is 4.79 Å². The van der Waals surface area contributed by atoms with Crippen molar-refractivity contribution in [2.75, 3.05) is 38.0 Å². The van der Waals surface area contributed by atoms with Gasteiger partial charge in [-0.1, -0.05) is 0 Å². The molecule has 0 amide bonds. The summed E-state index contributed by atoms with van der Waals surface area (Å²) in [5.74, 6) is -0.378. The third-order valence-electron chi connectivity index (χ3n) is 1.55. The highest BCUT2D eigenvalue weighted by atomic mass is 16.5. The van der Waals surface area contributed by atoms with Gasteiger partial charge in [0, 0.05) is 21.1 Å². The fraction of sp³-hybridized carbons (Fsp3) is 0.500. The van der Waals surface area contributed by atoms with Crippen LogP contribution >= 0.6 is 0 Å². The van der Waals surface area contributed by atoms with Gasteiger partial charge >= 0.3 is 12.0 Å². The van der Waals surface area contributed by atoms with Crippen molar-refractivity contribution < 1.29 is 14.6 Å². The molecule has 0 aliphatic carbocycles. The first-order chi connectivity index (χ1) is 7.52. The minimum atomic E-state index is -1.09. The molecule has 0 radical (unpaired) electrons. The lowest BCUT2D eigenvalue weighted by atomic mass is 10.7. The third-order valence-corrected chi connectivity index (χ3v) is 1.55. The average molecular weight is 227 g/mol. The zero-order valence-electron chi connectivity index (χ0n) is 9.26. The molecule has 0 aliphatic heterocycles. The summed E-state index contributed by atoms with van der Waals surface area (Å²) in [4.78, 5) is 23.8. The number of aromatic nitrogens is 3. The number of ether oxygens (including phenoxy) is 1. The highest BCUT2D eigenvalue weighted by molar-refractivity contribution is 5.68. The van der Waals surface area contributed by atoms with Crippen LogP contribution in [0, 0.1) is 0 Å². The summed E-state index contributed by atoms with van der Waals surface area (Å²) in [6.45, 7) is -0.486. The van der Waals surface area contributed by atoms with Crippen LogP contribution in [0.5, 0.6) is 6.01 Å². The standard InChI is InChI=1S/C8H13N5O3/c1-9-6-10-7(13(2)3)12-8(11-6)16-4-5(14)15/h4H2,1-3H3,(H,14,15)(H,9,10,11,12). The van der Waals surface area contributed by atoms with Gasteiger partial charge in [-0.05, 0) is 0 Å². The fourth-order valence-electron chi connectivity index (χ4n) is 0.849. The van der Waals surface area contributed by atoms with Crippen molar-refractivity contribution in [1.29, 1.82) is 0 Å². The second-order valence-electron chi connectivity index (χ2n) is 3.07. The lowest BCUT2D eigenvalue weighted by molar-refractivity contribution is -0.139. The molecule has 88 valence electrons. The molecule has 0 aliphatic rings. The van der Waals surface area contributed by atoms with Crippen LogP contribution in [0.15, 0.2) is 0 Å². The molecule has 8 heteroatoms. The van der Waals surface area contributed by atoms with E-state index in [1.54, 1.807) is 26.0 Å². The van der Waals surface area contributed by atoms with E-state index in [1.165, 1.54) is 0 Å². The number of nitrogens with one attached hydrogen (secondary N) is 1. The Morgan fingerprint density at radius 2 is 2.12 bits per heavy atom. The zero-order valence-corrected chi connectivity index (χ0v) is 9.26. The van der Waals surface area contributed by atoms with Crippen LogP contribution in [0.25, 0.3) is 0 Å². The molecule has 0 unspecified atom stereocenters. The maximum Gasteiger partial charge on any atom is 0.341 e. The molecule has 0 aromatic carbocycles. The van der Waals surface area contributed by atoms with Crippen molar-refractivity contribution in [2.24, 2.45) is 0 Å². The van der Waals surface area contributed by atoms with Crippen molar-refractivity contribution >= 4 is 17.9 Å². The number of carboxylic acids is 1. The van der Waals surface area contributed by atoms with E-state index in [0.717, 1.165) is 0 Å². The number of hydrogen-bond donors (Lipinski definition) is 2. The smallest absolute Gasteiger partial charge is 0.341 e. The highest BCUT2D eigenvalue weighted by Crippen LogP contribution is 2.12. The number of carbonyl (C=O) groups is 1. The summed E-state index contributed by atoms with van der Waals surface area (Å²) in [7, 11) is 5.17. The summed E-state index contributed by atoms with van der Waals surface area (Å²) in [6.07, 6.45) is 0. The Kier molecular flexibility index (Phi) is 3.81. The normalized spacial score (nSPS) is 9.69. The molecule has 0 saturated heterocycles. The topological polar surface area (TPSA) is 100 Å². The first kappa shape index (κ1) is 12.0. The molecular formula is C8H13N5O3. The van der Waals surface area contributed by atoms with Gasteiger partial charge in [-0.2, -0.15) is 15.0 Å². The molecule has 0 fully saturated rings. The Bertz CT molecular complexity index is 382. The molecule has 2 N–H and O–H groups in total. The predicted molar refractivity (Wildman–Crippen MR) is 56.8 cm³/mol. The summed E-state index contributed by atoms with van der Waals surface area (Å²) in [5.41, 5.74) is 0. The van der Waals surface area contributed by atoms with Gasteiger partial charge < -0.3 is 20.1 Å². The lowest BCUT2D eigenvalue weighted by Gasteiger charge is -2.12. The zero-order chi connectivity index (χ0) is 12.1. The highest BCUT2D eigenvalue weighted by Gasteiger charge is 2.09. The number of anilines is 2. The molecule has 16 heavy (non-hydrogen) atoms. The molecular weight excluding hydrogens is 214 g/mol. The Morgan fingerprint density at radius 3 is 2.62 bits per heavy atom. The van der Waals surface area contributed by atoms with Crippen LogP contribution in [0.4, 0.5) is 11.9 Å². The van der Waals surface area contributed by atoms with E-state index in [1.807, 2.05) is 0 Å². The molecule has 0 bridgehead atoms. The van der Waals surface area contributed by atoms with Crippen LogP contribution in [0.2, 0.25) is 0 Å². The minimum Gasteiger partial charge on any atom is -0.479 e. The molecule has 0 atom stereocenters. The molecule has 1 rings (SSSR count). The maximum absolute atomic E-state index is 10.3. The van der Waals surface area contributed by atoms with Gasteiger partial charge in [-0.15, -0.1) is 0 Å². The number of hydrogen-bond acceptors (Lipinski definition) is 7. The summed E-state index contributed by atoms with van der Waals surface area (Å²) in [6, 6.07) is -0.0227. The van der Waals surface area contributed by atoms with Gasteiger partial charge in [-0.25, -0.2) is 4.79 Å². The third kappa shape index (κ3) is 3.23. The lowest BCUT2D eigenvalue weighted by Crippen LogP contribution is -2.17. The largest absolute Gasteiger partial charge is 0.479 e. The van der Waals surface area contributed by atoms with Crippen molar-refractivity contribution in [3.05, 3.63) is 0 Å². The van der Waals surface area contributed by atoms with E-state index >= 15 is 0 Å². The van der Waals surface area contributed by atoms with Gasteiger partial charge in [0.2, 0.25) is 11.9 Å². The van der Waals surface area contributed by atoms with Gasteiger partial charge in [-0.3, -0.25) is 0 Å². The van der Waals surface area contributed by atoms with Crippen molar-refractivity contribution in [1.82, 2.24) is 15.0 Å². The van der Waals surface area contributed by atoms with E-state index in [-0.39, 0.29) is 6.01 Å². The second-order valence-corrected chi connectivity index (χ2v) is 3.07. The van der Waals surface area contributed by atoms with Crippen molar-refractivity contribution in [3.63, 3.8) is 0 Å². The number of carboxylic acid groups (broad SMARTS) is 1. The van der Waals surface area contributed by atoms with Crippen LogP contribution in [0.3, 0.4) is 0 Å². The summed E-state index contributed by atoms with van der Waals surface area (Å²) < 4.78 is 4.87. The van der Waals surface area contributed by atoms with Crippen LogP contribution < -0.4 is 15.0 Å². The molecule has 8 nitrogen and oxygen atoms in total. The number of rotatable bonds is 5. The van der Waals surface area contributed by atoms with Gasteiger partial charge in [0.25, 0.3) is 0 Å². The monoisotopic (exact) mass is 227 g/mol. The molecule has 1 heterocycles. The summed E-state index contributed by atoms with van der Waals surface area (Å²) in [5, 5.41) is 11.2. The average Bonchev–Trinajstić information content (AvgIpc) is 2.25. The molecule has 0 spiro atoms. The minimum absolute atomic E-state index is 0.0227. The number of nitrogens with zero attached hydrogens (tertiary/aromatic N) is 4. The maximum atomic E-state index is 10.3. The van der Waals surface area contributed by atoms with Gasteiger partial charge in [0.05, 0.1) is 0 Å². The first-order valence-corrected chi connectivity index (χ1v) is 4.48. The van der Waals surface area contributed by atoms with E-state index in [4.69, 9.17) is 9.84 Å². The Morgan fingerprint density at radius 1 is 1.44 bits per heavy atom. The van der Waals surface area contributed by atoms with Crippen molar-refractivity contribution in [3.8, 4) is 6.01 Å². The SMILES string of the molecule is CNc1nc(OCC(=O)O)nc(N(C)C)n1. The van der Waals surface area contributed by atoms with Gasteiger partial charge in [0.15, 0.2) is 6.61 Å². The van der Waals surface area contributed by atoms with Crippen molar-refractivity contribution in [2.45, 2.75) is 0 Å².